The first-order valence-corrected chi connectivity index (χ1v) is 5.77. The van der Waals surface area contributed by atoms with E-state index in [2.05, 4.69) is 22.1 Å². The molecule has 1 aliphatic heterocycles. The Balaban J connectivity index is 2.13. The lowest BCUT2D eigenvalue weighted by Gasteiger charge is -2.09. The number of carbonyl (C=O) groups is 1. The lowest BCUT2D eigenvalue weighted by atomic mass is 10.1. The van der Waals surface area contributed by atoms with Gasteiger partial charge in [0.15, 0.2) is 11.9 Å². The van der Waals surface area contributed by atoms with Crippen molar-refractivity contribution in [2.45, 2.75) is 12.3 Å². The smallest absolute Gasteiger partial charge is 0.166 e. The topological polar surface area (TPSA) is 50.5 Å². The molecule has 3 rings (SSSR count). The molecule has 2 aromatic heterocycles. The average Bonchev–Trinajstić information content (AvgIpc) is 2.94. The number of hydrogen-bond acceptors (Lipinski definition) is 4. The molecule has 1 saturated heterocycles. The van der Waals surface area contributed by atoms with Crippen LogP contribution in [0.1, 0.15) is 28.7 Å². The molecule has 88 valence electrons. The number of likely N-dealkylation sites (N-methyl/N-ethyl adjacent to an activating group) is 1. The minimum Gasteiger partial charge on any atom is -0.306 e. The molecule has 0 amide bonds. The monoisotopic (exact) mass is 230 g/mol. The largest absolute Gasteiger partial charge is 0.306 e. The van der Waals surface area contributed by atoms with Gasteiger partial charge in [0.05, 0.1) is 5.69 Å². The van der Waals surface area contributed by atoms with E-state index in [1.54, 1.807) is 6.07 Å². The molecule has 5 heteroatoms. The van der Waals surface area contributed by atoms with Gasteiger partial charge < -0.3 is 4.90 Å². The van der Waals surface area contributed by atoms with Crippen LogP contribution in [0.3, 0.4) is 0 Å². The number of aromatic nitrogens is 3. The molecule has 1 fully saturated rings. The maximum atomic E-state index is 11.1. The summed E-state index contributed by atoms with van der Waals surface area (Å²) in [5.74, 6) is 1.28. The van der Waals surface area contributed by atoms with Gasteiger partial charge >= 0.3 is 0 Å². The minimum atomic E-state index is 0.371. The molecule has 1 aliphatic rings. The van der Waals surface area contributed by atoms with E-state index in [1.807, 2.05) is 16.5 Å². The second kappa shape index (κ2) is 3.92. The van der Waals surface area contributed by atoms with Crippen molar-refractivity contribution in [3.8, 4) is 0 Å². The Morgan fingerprint density at radius 2 is 2.29 bits per heavy atom. The van der Waals surface area contributed by atoms with Crippen LogP contribution < -0.4 is 0 Å². The van der Waals surface area contributed by atoms with Gasteiger partial charge in [0.25, 0.3) is 0 Å². The van der Waals surface area contributed by atoms with E-state index in [-0.39, 0.29) is 0 Å². The van der Waals surface area contributed by atoms with Gasteiger partial charge in [-0.2, -0.15) is 0 Å². The predicted octanol–water partition coefficient (Wildman–Crippen LogP) is 0.961. The van der Waals surface area contributed by atoms with Crippen molar-refractivity contribution in [1.82, 2.24) is 19.5 Å². The summed E-state index contributed by atoms with van der Waals surface area (Å²) in [7, 11) is 2.10. The lowest BCUT2D eigenvalue weighted by molar-refractivity contribution is 0.111. The molecule has 1 atom stereocenters. The normalized spacial score (nSPS) is 21.1. The van der Waals surface area contributed by atoms with Gasteiger partial charge in [-0.3, -0.25) is 9.20 Å². The van der Waals surface area contributed by atoms with E-state index in [0.29, 0.717) is 11.6 Å². The zero-order chi connectivity index (χ0) is 11.8. The summed E-state index contributed by atoms with van der Waals surface area (Å²) in [6.45, 7) is 2.05. The Bertz CT molecular complexity index is 563. The molecule has 0 aliphatic carbocycles. The molecule has 0 N–H and O–H groups in total. The molecule has 1 unspecified atom stereocenters. The van der Waals surface area contributed by atoms with Crippen molar-refractivity contribution < 1.29 is 4.79 Å². The molecule has 0 aromatic carbocycles. The van der Waals surface area contributed by atoms with Gasteiger partial charge in [-0.15, -0.1) is 10.2 Å². The van der Waals surface area contributed by atoms with E-state index < -0.39 is 0 Å². The number of hydrogen-bond donors (Lipinski definition) is 0. The summed E-state index contributed by atoms with van der Waals surface area (Å²) >= 11 is 0. The summed E-state index contributed by atoms with van der Waals surface area (Å²) in [4.78, 5) is 13.3. The molecule has 3 heterocycles. The zero-order valence-corrected chi connectivity index (χ0v) is 9.71. The van der Waals surface area contributed by atoms with Crippen molar-refractivity contribution >= 4 is 11.9 Å². The third kappa shape index (κ3) is 1.63. The van der Waals surface area contributed by atoms with E-state index >= 15 is 0 Å². The van der Waals surface area contributed by atoms with Gasteiger partial charge in [0.1, 0.15) is 5.82 Å². The molecular weight excluding hydrogens is 216 g/mol. The Hall–Kier alpha value is -1.75. The highest BCUT2D eigenvalue weighted by molar-refractivity contribution is 5.74. The number of aldehydes is 1. The summed E-state index contributed by atoms with van der Waals surface area (Å²) in [6, 6.07) is 5.51. The third-order valence-corrected chi connectivity index (χ3v) is 3.36. The van der Waals surface area contributed by atoms with Crippen LogP contribution in [0.4, 0.5) is 0 Å². The van der Waals surface area contributed by atoms with E-state index in [4.69, 9.17) is 0 Å². The van der Waals surface area contributed by atoms with Crippen molar-refractivity contribution in [2.24, 2.45) is 0 Å². The van der Waals surface area contributed by atoms with Crippen LogP contribution in [0.5, 0.6) is 0 Å². The minimum absolute atomic E-state index is 0.371. The van der Waals surface area contributed by atoms with Crippen molar-refractivity contribution in [3.05, 3.63) is 29.7 Å². The second-order valence-electron chi connectivity index (χ2n) is 4.57. The number of fused-ring (bicyclic) bond motifs is 1. The van der Waals surface area contributed by atoms with Gasteiger partial charge in [0, 0.05) is 12.5 Å². The maximum Gasteiger partial charge on any atom is 0.166 e. The van der Waals surface area contributed by atoms with E-state index in [0.717, 1.165) is 37.3 Å². The van der Waals surface area contributed by atoms with Crippen molar-refractivity contribution in [2.75, 3.05) is 20.1 Å². The van der Waals surface area contributed by atoms with Crippen LogP contribution in [0.2, 0.25) is 0 Å². The Labute approximate surface area is 99.1 Å². The van der Waals surface area contributed by atoms with Crippen LogP contribution in [0.15, 0.2) is 18.2 Å². The number of rotatable bonds is 2. The molecule has 5 nitrogen and oxygen atoms in total. The van der Waals surface area contributed by atoms with Gasteiger partial charge in [-0.1, -0.05) is 6.07 Å². The molecule has 17 heavy (non-hydrogen) atoms. The molecule has 0 bridgehead atoms. The Kier molecular flexibility index (Phi) is 2.40. The Morgan fingerprint density at radius 1 is 1.41 bits per heavy atom. The molecule has 0 spiro atoms. The highest BCUT2D eigenvalue weighted by Crippen LogP contribution is 2.25. The second-order valence-corrected chi connectivity index (χ2v) is 4.57. The number of carbonyl (C=O) groups excluding carboxylic acids is 1. The van der Waals surface area contributed by atoms with Crippen molar-refractivity contribution in [3.63, 3.8) is 0 Å². The number of nitrogens with zero attached hydrogens (tertiary/aromatic N) is 4. The van der Waals surface area contributed by atoms with Gasteiger partial charge in [-0.25, -0.2) is 0 Å². The molecule has 0 radical (unpaired) electrons. The maximum absolute atomic E-state index is 11.1. The fourth-order valence-electron chi connectivity index (χ4n) is 2.49. The van der Waals surface area contributed by atoms with Crippen LogP contribution >= 0.6 is 0 Å². The van der Waals surface area contributed by atoms with Gasteiger partial charge in [0.2, 0.25) is 0 Å². The molecule has 2 aromatic rings. The number of pyridine rings is 1. The average molecular weight is 230 g/mol. The molecule has 0 saturated carbocycles. The predicted molar refractivity (Wildman–Crippen MR) is 63.2 cm³/mol. The molecular formula is C12H14N4O. The standard InChI is InChI=1S/C12H14N4O/c1-15-6-5-9(7-15)12-14-13-11-4-2-3-10(8-17)16(11)12/h2-4,8-9H,5-7H2,1H3. The fraction of sp³-hybridized carbons (Fsp3) is 0.417. The van der Waals surface area contributed by atoms with Crippen LogP contribution in [-0.4, -0.2) is 45.9 Å². The Morgan fingerprint density at radius 3 is 3.00 bits per heavy atom. The first-order chi connectivity index (χ1) is 8.29. The summed E-state index contributed by atoms with van der Waals surface area (Å²) in [5.41, 5.74) is 1.37. The van der Waals surface area contributed by atoms with E-state index in [1.165, 1.54) is 0 Å². The van der Waals surface area contributed by atoms with Gasteiger partial charge in [-0.05, 0) is 32.1 Å². The first-order valence-electron chi connectivity index (χ1n) is 5.77. The summed E-state index contributed by atoms with van der Waals surface area (Å²) in [6.07, 6.45) is 1.93. The lowest BCUT2D eigenvalue weighted by Crippen LogP contribution is -2.15. The third-order valence-electron chi connectivity index (χ3n) is 3.36. The zero-order valence-electron chi connectivity index (χ0n) is 9.71. The SMILES string of the molecule is CN1CCC(c2nnc3cccc(C=O)n23)C1. The van der Waals surface area contributed by atoms with Crippen molar-refractivity contribution in [1.29, 1.82) is 0 Å². The van der Waals surface area contributed by atoms with Crippen LogP contribution in [0.25, 0.3) is 5.65 Å². The van der Waals surface area contributed by atoms with E-state index in [9.17, 15) is 4.79 Å². The fourth-order valence-corrected chi connectivity index (χ4v) is 2.49. The van der Waals surface area contributed by atoms with Crippen LogP contribution in [-0.2, 0) is 0 Å². The number of likely N-dealkylation sites (tertiary alicyclic amines) is 1. The highest BCUT2D eigenvalue weighted by atomic mass is 16.1. The summed E-state index contributed by atoms with van der Waals surface area (Å²) < 4.78 is 1.87. The van der Waals surface area contributed by atoms with Crippen LogP contribution in [0, 0.1) is 0 Å². The quantitative estimate of drug-likeness (QED) is 0.721. The highest BCUT2D eigenvalue weighted by Gasteiger charge is 2.26. The first kappa shape index (κ1) is 10.4. The summed E-state index contributed by atoms with van der Waals surface area (Å²) in [5, 5.41) is 8.38.